The SMILES string of the molecule is CN=C(NCCc1ccsc1)N(C)Cc1ccon1. The van der Waals surface area contributed by atoms with E-state index in [0.717, 1.165) is 24.6 Å². The highest BCUT2D eigenvalue weighted by Gasteiger charge is 2.07. The molecule has 0 fully saturated rings. The van der Waals surface area contributed by atoms with Gasteiger partial charge in [0.1, 0.15) is 12.0 Å². The first-order valence-corrected chi connectivity index (χ1v) is 7.06. The van der Waals surface area contributed by atoms with Crippen LogP contribution in [0.25, 0.3) is 0 Å². The van der Waals surface area contributed by atoms with Crippen LogP contribution in [0.3, 0.4) is 0 Å². The first-order valence-electron chi connectivity index (χ1n) is 6.11. The lowest BCUT2D eigenvalue weighted by atomic mass is 10.2. The number of aliphatic imine (C=N–C) groups is 1. The van der Waals surface area contributed by atoms with Crippen LogP contribution in [0.15, 0.2) is 38.7 Å². The molecule has 0 saturated carbocycles. The van der Waals surface area contributed by atoms with E-state index in [1.54, 1.807) is 24.6 Å². The molecule has 0 amide bonds. The zero-order chi connectivity index (χ0) is 13.5. The molecule has 0 bridgehead atoms. The summed E-state index contributed by atoms with van der Waals surface area (Å²) >= 11 is 1.73. The van der Waals surface area contributed by atoms with Gasteiger partial charge in [0.2, 0.25) is 0 Å². The maximum Gasteiger partial charge on any atom is 0.193 e. The average Bonchev–Trinajstić information content (AvgIpc) is 3.07. The van der Waals surface area contributed by atoms with Crippen LogP contribution >= 0.6 is 11.3 Å². The van der Waals surface area contributed by atoms with Gasteiger partial charge in [-0.15, -0.1) is 0 Å². The standard InChI is InChI=1S/C13H18N4OS/c1-14-13(15-6-3-11-5-8-19-10-11)17(2)9-12-4-7-18-16-12/h4-5,7-8,10H,3,6,9H2,1-2H3,(H,14,15). The second-order valence-corrected chi connectivity index (χ2v) is 4.98. The van der Waals surface area contributed by atoms with E-state index in [0.29, 0.717) is 6.54 Å². The minimum absolute atomic E-state index is 0.675. The van der Waals surface area contributed by atoms with Crippen LogP contribution in [0.4, 0.5) is 0 Å². The molecule has 0 spiro atoms. The summed E-state index contributed by atoms with van der Waals surface area (Å²) in [7, 11) is 3.76. The van der Waals surface area contributed by atoms with Gasteiger partial charge in [-0.2, -0.15) is 11.3 Å². The topological polar surface area (TPSA) is 53.7 Å². The summed E-state index contributed by atoms with van der Waals surface area (Å²) in [6.45, 7) is 1.54. The molecule has 0 radical (unpaired) electrons. The summed E-state index contributed by atoms with van der Waals surface area (Å²) in [5, 5.41) is 11.5. The lowest BCUT2D eigenvalue weighted by Gasteiger charge is -2.20. The Morgan fingerprint density at radius 2 is 2.42 bits per heavy atom. The van der Waals surface area contributed by atoms with Gasteiger partial charge in [0.15, 0.2) is 5.96 Å². The Morgan fingerprint density at radius 1 is 1.53 bits per heavy atom. The van der Waals surface area contributed by atoms with Crippen molar-refractivity contribution in [3.63, 3.8) is 0 Å². The fraction of sp³-hybridized carbons (Fsp3) is 0.385. The molecule has 0 aliphatic carbocycles. The predicted molar refractivity (Wildman–Crippen MR) is 77.4 cm³/mol. The number of rotatable bonds is 5. The zero-order valence-electron chi connectivity index (χ0n) is 11.2. The molecule has 1 N–H and O–H groups in total. The van der Waals surface area contributed by atoms with E-state index in [1.165, 1.54) is 5.56 Å². The van der Waals surface area contributed by atoms with Crippen molar-refractivity contribution in [3.05, 3.63) is 40.4 Å². The summed E-state index contributed by atoms with van der Waals surface area (Å²) in [5.41, 5.74) is 2.25. The molecule has 0 saturated heterocycles. The quantitative estimate of drug-likeness (QED) is 0.671. The monoisotopic (exact) mass is 278 g/mol. The first kappa shape index (κ1) is 13.6. The number of hydrogen-bond donors (Lipinski definition) is 1. The van der Waals surface area contributed by atoms with Crippen molar-refractivity contribution in [2.75, 3.05) is 20.6 Å². The summed E-state index contributed by atoms with van der Waals surface area (Å²) in [4.78, 5) is 6.28. The largest absolute Gasteiger partial charge is 0.364 e. The van der Waals surface area contributed by atoms with Crippen molar-refractivity contribution in [2.24, 2.45) is 4.99 Å². The smallest absolute Gasteiger partial charge is 0.193 e. The highest BCUT2D eigenvalue weighted by molar-refractivity contribution is 7.07. The third-order valence-electron chi connectivity index (χ3n) is 2.74. The second-order valence-electron chi connectivity index (χ2n) is 4.20. The van der Waals surface area contributed by atoms with Gasteiger partial charge in [-0.25, -0.2) is 0 Å². The van der Waals surface area contributed by atoms with E-state index < -0.39 is 0 Å². The van der Waals surface area contributed by atoms with E-state index in [1.807, 2.05) is 18.0 Å². The van der Waals surface area contributed by atoms with Gasteiger partial charge in [-0.1, -0.05) is 5.16 Å². The van der Waals surface area contributed by atoms with Crippen molar-refractivity contribution in [3.8, 4) is 0 Å². The van der Waals surface area contributed by atoms with Crippen molar-refractivity contribution in [1.29, 1.82) is 0 Å². The van der Waals surface area contributed by atoms with E-state index >= 15 is 0 Å². The lowest BCUT2D eigenvalue weighted by molar-refractivity contribution is 0.391. The van der Waals surface area contributed by atoms with Crippen LogP contribution in [0.5, 0.6) is 0 Å². The third kappa shape index (κ3) is 4.10. The van der Waals surface area contributed by atoms with E-state index in [9.17, 15) is 0 Å². The third-order valence-corrected chi connectivity index (χ3v) is 3.47. The number of guanidine groups is 1. The van der Waals surface area contributed by atoms with Crippen LogP contribution in [0.2, 0.25) is 0 Å². The number of nitrogens with zero attached hydrogens (tertiary/aromatic N) is 3. The van der Waals surface area contributed by atoms with Crippen LogP contribution in [0.1, 0.15) is 11.3 Å². The number of hydrogen-bond acceptors (Lipinski definition) is 4. The van der Waals surface area contributed by atoms with Crippen molar-refractivity contribution in [1.82, 2.24) is 15.4 Å². The summed E-state index contributed by atoms with van der Waals surface area (Å²) in [6, 6.07) is 4.00. The van der Waals surface area contributed by atoms with Crippen LogP contribution in [-0.2, 0) is 13.0 Å². The van der Waals surface area contributed by atoms with E-state index in [2.05, 4.69) is 32.3 Å². The Hall–Kier alpha value is -1.82. The second kappa shape index (κ2) is 6.94. The van der Waals surface area contributed by atoms with Crippen LogP contribution in [-0.4, -0.2) is 36.7 Å². The van der Waals surface area contributed by atoms with Crippen LogP contribution < -0.4 is 5.32 Å². The van der Waals surface area contributed by atoms with Crippen molar-refractivity contribution in [2.45, 2.75) is 13.0 Å². The molecule has 0 unspecified atom stereocenters. The molecule has 0 aliphatic heterocycles. The Morgan fingerprint density at radius 3 is 3.05 bits per heavy atom. The van der Waals surface area contributed by atoms with Crippen molar-refractivity contribution >= 4 is 17.3 Å². The molecule has 5 nitrogen and oxygen atoms in total. The Labute approximate surface area is 116 Å². The molecule has 0 aromatic carbocycles. The number of nitrogens with one attached hydrogen (secondary N) is 1. The Bertz CT molecular complexity index is 493. The van der Waals surface area contributed by atoms with Gasteiger partial charge >= 0.3 is 0 Å². The van der Waals surface area contributed by atoms with Gasteiger partial charge in [0.05, 0.1) is 6.54 Å². The molecule has 102 valence electrons. The summed E-state index contributed by atoms with van der Waals surface area (Å²) < 4.78 is 4.82. The van der Waals surface area contributed by atoms with Gasteiger partial charge in [0, 0.05) is 26.7 Å². The zero-order valence-corrected chi connectivity index (χ0v) is 12.0. The molecule has 2 aromatic heterocycles. The molecular formula is C13H18N4OS. The lowest BCUT2D eigenvalue weighted by Crippen LogP contribution is -2.39. The minimum Gasteiger partial charge on any atom is -0.364 e. The average molecular weight is 278 g/mol. The highest BCUT2D eigenvalue weighted by Crippen LogP contribution is 2.06. The maximum atomic E-state index is 4.82. The van der Waals surface area contributed by atoms with Crippen molar-refractivity contribution < 1.29 is 4.52 Å². The number of aromatic nitrogens is 1. The fourth-order valence-corrected chi connectivity index (χ4v) is 2.48. The molecule has 2 heterocycles. The molecule has 19 heavy (non-hydrogen) atoms. The highest BCUT2D eigenvalue weighted by atomic mass is 32.1. The predicted octanol–water partition coefficient (Wildman–Crippen LogP) is 1.99. The fourth-order valence-electron chi connectivity index (χ4n) is 1.78. The molecule has 2 rings (SSSR count). The molecule has 2 aromatic rings. The maximum absolute atomic E-state index is 4.82. The molecular weight excluding hydrogens is 260 g/mol. The first-order chi connectivity index (χ1) is 9.29. The Balaban J connectivity index is 1.79. The summed E-state index contributed by atoms with van der Waals surface area (Å²) in [5.74, 6) is 0.859. The molecule has 0 atom stereocenters. The van der Waals surface area contributed by atoms with Gasteiger partial charge < -0.3 is 14.7 Å². The molecule has 6 heteroatoms. The Kier molecular flexibility index (Phi) is 4.97. The minimum atomic E-state index is 0.675. The molecule has 0 aliphatic rings. The van der Waals surface area contributed by atoms with Gasteiger partial charge in [0.25, 0.3) is 0 Å². The van der Waals surface area contributed by atoms with E-state index in [4.69, 9.17) is 4.52 Å². The summed E-state index contributed by atoms with van der Waals surface area (Å²) in [6.07, 6.45) is 2.58. The number of thiophene rings is 1. The van der Waals surface area contributed by atoms with Crippen LogP contribution in [0, 0.1) is 0 Å². The normalized spacial score (nSPS) is 11.6. The van der Waals surface area contributed by atoms with E-state index in [-0.39, 0.29) is 0 Å². The van der Waals surface area contributed by atoms with Gasteiger partial charge in [-0.05, 0) is 28.8 Å². The van der Waals surface area contributed by atoms with Gasteiger partial charge in [-0.3, -0.25) is 4.99 Å².